The number of hydrogen-bond acceptors (Lipinski definition) is 6. The van der Waals surface area contributed by atoms with Gasteiger partial charge in [0.2, 0.25) is 0 Å². The SMILES string of the molecule is Cc1c(-c2ccccc2)sc2ncn(CC(=O)c3cc(C)n([C@@H]4CCS(=O)(=O)C4)c3C)c(=O)c12. The van der Waals surface area contributed by atoms with E-state index >= 15 is 0 Å². The number of Topliss-reactive ketones (excluding diaryl/α,β-unsaturated/α-hetero) is 1. The Labute approximate surface area is 201 Å². The highest BCUT2D eigenvalue weighted by Gasteiger charge is 2.31. The summed E-state index contributed by atoms with van der Waals surface area (Å²) < 4.78 is 27.2. The number of rotatable bonds is 5. The molecule has 34 heavy (non-hydrogen) atoms. The molecular weight excluding hydrogens is 470 g/mol. The van der Waals surface area contributed by atoms with Crippen LogP contribution in [0.4, 0.5) is 0 Å². The van der Waals surface area contributed by atoms with Crippen molar-refractivity contribution in [2.24, 2.45) is 0 Å². The van der Waals surface area contributed by atoms with Crippen LogP contribution < -0.4 is 5.56 Å². The van der Waals surface area contributed by atoms with Gasteiger partial charge in [-0.15, -0.1) is 11.3 Å². The number of sulfone groups is 1. The van der Waals surface area contributed by atoms with Gasteiger partial charge in [0, 0.05) is 27.9 Å². The van der Waals surface area contributed by atoms with E-state index in [0.717, 1.165) is 27.4 Å². The van der Waals surface area contributed by atoms with Gasteiger partial charge < -0.3 is 4.57 Å². The Bertz CT molecular complexity index is 1590. The fraction of sp³-hybridized carbons (Fsp3) is 0.320. The minimum atomic E-state index is -3.04. The lowest BCUT2D eigenvalue weighted by Crippen LogP contribution is -2.25. The normalized spacial score (nSPS) is 17.4. The van der Waals surface area contributed by atoms with Gasteiger partial charge in [-0.1, -0.05) is 30.3 Å². The van der Waals surface area contributed by atoms with Crippen LogP contribution in [0.15, 0.2) is 47.5 Å². The first-order valence-corrected chi connectivity index (χ1v) is 13.8. The van der Waals surface area contributed by atoms with Gasteiger partial charge in [-0.2, -0.15) is 0 Å². The van der Waals surface area contributed by atoms with Crippen molar-refractivity contribution in [1.29, 1.82) is 0 Å². The summed E-state index contributed by atoms with van der Waals surface area (Å²) in [7, 11) is -3.04. The highest BCUT2D eigenvalue weighted by atomic mass is 32.2. The Kier molecular flexibility index (Phi) is 5.56. The fourth-order valence-electron chi connectivity index (χ4n) is 4.98. The average Bonchev–Trinajstić information content (AvgIpc) is 3.43. The molecule has 4 aromatic rings. The number of ketones is 1. The van der Waals surface area contributed by atoms with E-state index in [4.69, 9.17) is 0 Å². The molecule has 0 aliphatic carbocycles. The van der Waals surface area contributed by atoms with Gasteiger partial charge >= 0.3 is 0 Å². The number of carbonyl (C=O) groups excluding carboxylic acids is 1. The summed E-state index contributed by atoms with van der Waals surface area (Å²) in [5.41, 5.74) is 3.78. The third-order valence-corrected chi connectivity index (χ3v) is 9.62. The average molecular weight is 496 g/mol. The van der Waals surface area contributed by atoms with Gasteiger partial charge in [0.1, 0.15) is 4.83 Å². The van der Waals surface area contributed by atoms with E-state index in [1.807, 2.05) is 55.7 Å². The van der Waals surface area contributed by atoms with E-state index in [1.165, 1.54) is 22.2 Å². The fourth-order valence-corrected chi connectivity index (χ4v) is 7.82. The first kappa shape index (κ1) is 22.7. The summed E-state index contributed by atoms with van der Waals surface area (Å²) in [6.07, 6.45) is 1.99. The summed E-state index contributed by atoms with van der Waals surface area (Å²) in [6, 6.07) is 11.5. The van der Waals surface area contributed by atoms with E-state index < -0.39 is 9.84 Å². The molecular formula is C25H25N3O4S2. The van der Waals surface area contributed by atoms with E-state index in [9.17, 15) is 18.0 Å². The number of nitrogens with zero attached hydrogens (tertiary/aromatic N) is 3. The van der Waals surface area contributed by atoms with Crippen LogP contribution in [0.3, 0.4) is 0 Å². The van der Waals surface area contributed by atoms with Crippen LogP contribution in [-0.2, 0) is 16.4 Å². The zero-order valence-electron chi connectivity index (χ0n) is 19.2. The molecule has 0 saturated carbocycles. The quantitative estimate of drug-likeness (QED) is 0.389. The first-order chi connectivity index (χ1) is 16.2. The van der Waals surface area contributed by atoms with Gasteiger partial charge in [-0.25, -0.2) is 13.4 Å². The number of thiophene rings is 1. The number of fused-ring (bicyclic) bond motifs is 1. The van der Waals surface area contributed by atoms with Gasteiger partial charge in [0.15, 0.2) is 15.6 Å². The molecule has 1 saturated heterocycles. The Morgan fingerprint density at radius 2 is 1.91 bits per heavy atom. The highest BCUT2D eigenvalue weighted by Crippen LogP contribution is 2.35. The molecule has 0 unspecified atom stereocenters. The Morgan fingerprint density at radius 1 is 1.18 bits per heavy atom. The molecule has 0 spiro atoms. The predicted octanol–water partition coefficient (Wildman–Crippen LogP) is 4.09. The number of aromatic nitrogens is 3. The van der Waals surface area contributed by atoms with Crippen LogP contribution in [0, 0.1) is 20.8 Å². The van der Waals surface area contributed by atoms with Crippen molar-refractivity contribution in [1.82, 2.24) is 14.1 Å². The maximum atomic E-state index is 13.3. The zero-order chi connectivity index (χ0) is 24.2. The van der Waals surface area contributed by atoms with Crippen molar-refractivity contribution in [3.8, 4) is 10.4 Å². The number of carbonyl (C=O) groups is 1. The largest absolute Gasteiger partial charge is 0.344 e. The standard InChI is InChI=1S/C25H25N3O4S2/c1-15-11-20(17(3)28(15)19-9-10-34(31,32)13-19)21(29)12-27-14-26-24-22(25(27)30)16(2)23(33-24)18-7-5-4-6-8-18/h4-8,11,14,19H,9-10,12-13H2,1-3H3/t19-/m1/s1. The Hall–Kier alpha value is -3.04. The van der Waals surface area contributed by atoms with E-state index in [-0.39, 0.29) is 35.4 Å². The van der Waals surface area contributed by atoms with Gasteiger partial charge in [0.25, 0.3) is 5.56 Å². The molecule has 7 nitrogen and oxygen atoms in total. The lowest BCUT2D eigenvalue weighted by molar-refractivity contribution is 0.0970. The molecule has 1 aliphatic heterocycles. The summed E-state index contributed by atoms with van der Waals surface area (Å²) in [6.45, 7) is 5.52. The van der Waals surface area contributed by atoms with Crippen LogP contribution in [0.25, 0.3) is 20.7 Å². The summed E-state index contributed by atoms with van der Waals surface area (Å²) >= 11 is 1.47. The second kappa shape index (κ2) is 8.32. The molecule has 176 valence electrons. The monoisotopic (exact) mass is 495 g/mol. The van der Waals surface area contributed by atoms with Crippen molar-refractivity contribution in [3.05, 3.63) is 75.6 Å². The molecule has 0 amide bonds. The van der Waals surface area contributed by atoms with Crippen LogP contribution >= 0.6 is 11.3 Å². The molecule has 1 aromatic carbocycles. The van der Waals surface area contributed by atoms with E-state index in [2.05, 4.69) is 4.98 Å². The van der Waals surface area contributed by atoms with Crippen molar-refractivity contribution < 1.29 is 13.2 Å². The van der Waals surface area contributed by atoms with Crippen LogP contribution in [0.2, 0.25) is 0 Å². The summed E-state index contributed by atoms with van der Waals surface area (Å²) in [4.78, 5) is 32.7. The number of hydrogen-bond donors (Lipinski definition) is 0. The third kappa shape index (κ3) is 3.82. The molecule has 0 bridgehead atoms. The van der Waals surface area contributed by atoms with Crippen LogP contribution in [0.5, 0.6) is 0 Å². The minimum Gasteiger partial charge on any atom is -0.344 e. The van der Waals surface area contributed by atoms with E-state index in [1.54, 1.807) is 6.07 Å². The number of aryl methyl sites for hydroxylation is 2. The molecule has 3 aromatic heterocycles. The minimum absolute atomic E-state index is 0.0955. The number of benzene rings is 1. The van der Waals surface area contributed by atoms with Gasteiger partial charge in [-0.05, 0) is 44.4 Å². The van der Waals surface area contributed by atoms with Gasteiger partial charge in [-0.3, -0.25) is 14.2 Å². The van der Waals surface area contributed by atoms with Crippen LogP contribution in [0.1, 0.15) is 39.8 Å². The smallest absolute Gasteiger partial charge is 0.262 e. The lowest BCUT2D eigenvalue weighted by atomic mass is 10.1. The molecule has 0 radical (unpaired) electrons. The summed E-state index contributed by atoms with van der Waals surface area (Å²) in [5, 5.41) is 0.542. The van der Waals surface area contributed by atoms with Crippen molar-refractivity contribution >= 4 is 37.2 Å². The predicted molar refractivity (Wildman–Crippen MR) is 135 cm³/mol. The maximum absolute atomic E-state index is 13.3. The highest BCUT2D eigenvalue weighted by molar-refractivity contribution is 7.91. The van der Waals surface area contributed by atoms with Crippen molar-refractivity contribution in [2.75, 3.05) is 11.5 Å². The topological polar surface area (TPSA) is 91.0 Å². The molecule has 1 aliphatic rings. The van der Waals surface area contributed by atoms with Crippen LogP contribution in [-0.4, -0.2) is 39.8 Å². The first-order valence-electron chi connectivity index (χ1n) is 11.1. The lowest BCUT2D eigenvalue weighted by Gasteiger charge is -2.16. The molecule has 5 rings (SSSR count). The maximum Gasteiger partial charge on any atom is 0.262 e. The second-order valence-electron chi connectivity index (χ2n) is 8.91. The van der Waals surface area contributed by atoms with Gasteiger partial charge in [0.05, 0.1) is 29.8 Å². The van der Waals surface area contributed by atoms with Crippen molar-refractivity contribution in [2.45, 2.75) is 39.8 Å². The third-order valence-electron chi connectivity index (χ3n) is 6.63. The summed E-state index contributed by atoms with van der Waals surface area (Å²) in [5.74, 6) is 0.0713. The molecule has 9 heteroatoms. The Balaban J connectivity index is 1.48. The molecule has 0 N–H and O–H groups in total. The van der Waals surface area contributed by atoms with Crippen molar-refractivity contribution in [3.63, 3.8) is 0 Å². The molecule has 4 heterocycles. The van der Waals surface area contributed by atoms with E-state index in [0.29, 0.717) is 22.2 Å². The Morgan fingerprint density at radius 3 is 2.59 bits per heavy atom. The molecule has 1 atom stereocenters. The second-order valence-corrected chi connectivity index (χ2v) is 12.1. The zero-order valence-corrected chi connectivity index (χ0v) is 20.9. The molecule has 1 fully saturated rings.